The van der Waals surface area contributed by atoms with E-state index >= 15 is 0 Å². The molecule has 2 N–H and O–H groups in total. The molecule has 0 unspecified atom stereocenters. The van der Waals surface area contributed by atoms with Gasteiger partial charge in [0.1, 0.15) is 0 Å². The van der Waals surface area contributed by atoms with Crippen LogP contribution < -0.4 is 5.43 Å². The van der Waals surface area contributed by atoms with Gasteiger partial charge in [0.2, 0.25) is 0 Å². The van der Waals surface area contributed by atoms with Crippen molar-refractivity contribution in [2.75, 3.05) is 0 Å². The summed E-state index contributed by atoms with van der Waals surface area (Å²) in [6, 6.07) is 0. The van der Waals surface area contributed by atoms with Gasteiger partial charge in [-0.3, -0.25) is 5.43 Å². The summed E-state index contributed by atoms with van der Waals surface area (Å²) in [5, 5.41) is 11.1. The molecule has 0 spiro atoms. The molecule has 0 rings (SSSR count). The molecule has 0 saturated heterocycles. The first kappa shape index (κ1) is 15.1. The molecule has 0 aliphatic carbocycles. The van der Waals surface area contributed by atoms with Gasteiger partial charge in [0.05, 0.1) is 0 Å². The van der Waals surface area contributed by atoms with Crippen molar-refractivity contribution in [3.8, 4) is 0 Å². The zero-order valence-electron chi connectivity index (χ0n) is 10.4. The highest BCUT2D eigenvalue weighted by molar-refractivity contribution is 5.93. The van der Waals surface area contributed by atoms with Crippen LogP contribution in [0, 0.1) is 5.41 Å². The minimum absolute atomic E-state index is 0.635. The first-order chi connectivity index (χ1) is 8.31. The molecule has 0 aromatic heterocycles. The summed E-state index contributed by atoms with van der Waals surface area (Å²) in [5.41, 5.74) is 3.24. The van der Waals surface area contributed by atoms with Crippen molar-refractivity contribution in [2.45, 2.75) is 26.2 Å². The largest absolute Gasteiger partial charge is 0.305 e. The predicted octanol–water partition coefficient (Wildman–Crippen LogP) is 3.58. The molecule has 92 valence electrons. The monoisotopic (exact) mass is 231 g/mol. The third kappa shape index (κ3) is 12.0. The number of hydrogen-bond donors (Lipinski definition) is 2. The lowest BCUT2D eigenvalue weighted by Gasteiger charge is -1.90. The van der Waals surface area contributed by atoms with E-state index in [1.165, 1.54) is 0 Å². The molecule has 0 aromatic carbocycles. The standard InChI is InChI=1S/C14H21N3/c1-3-4-8-11-14(15)12-9-6-5-7-10-13-17-16-2/h4-5,7-10,12-13,15,17H,2-3,6,11H2,1H3/b7-5-,8-4-,12-9+,13-10-,15-14?. The molecule has 3 nitrogen and oxygen atoms in total. The first-order valence-corrected chi connectivity index (χ1v) is 5.73. The van der Waals surface area contributed by atoms with E-state index in [9.17, 15) is 0 Å². The van der Waals surface area contributed by atoms with Crippen LogP contribution in [-0.4, -0.2) is 12.4 Å². The third-order valence-electron chi connectivity index (χ3n) is 1.84. The van der Waals surface area contributed by atoms with Crippen LogP contribution in [0.15, 0.2) is 53.8 Å². The summed E-state index contributed by atoms with van der Waals surface area (Å²) in [4.78, 5) is 0. The molecule has 0 fully saturated rings. The van der Waals surface area contributed by atoms with Crippen LogP contribution in [-0.2, 0) is 0 Å². The molecular formula is C14H21N3. The fraction of sp³-hybridized carbons (Fsp3) is 0.286. The molecule has 0 aliphatic heterocycles. The zero-order chi connectivity index (χ0) is 12.8. The van der Waals surface area contributed by atoms with Crippen molar-refractivity contribution in [1.82, 2.24) is 5.43 Å². The average molecular weight is 231 g/mol. The Bertz CT molecular complexity index is 322. The fourth-order valence-corrected chi connectivity index (χ4v) is 1.04. The van der Waals surface area contributed by atoms with Gasteiger partial charge >= 0.3 is 0 Å². The molecule has 0 atom stereocenters. The Balaban J connectivity index is 3.69. The van der Waals surface area contributed by atoms with Crippen LogP contribution in [0.5, 0.6) is 0 Å². The van der Waals surface area contributed by atoms with Gasteiger partial charge in [-0.05, 0) is 25.0 Å². The van der Waals surface area contributed by atoms with E-state index in [0.717, 1.165) is 12.8 Å². The Kier molecular flexibility index (Phi) is 10.8. The Morgan fingerprint density at radius 1 is 1.24 bits per heavy atom. The SMILES string of the molecule is C=NN/C=C\C=C/C/C=C/C(=N)C/C=C\CC. The summed E-state index contributed by atoms with van der Waals surface area (Å²) in [6.45, 7) is 5.37. The second-order valence-electron chi connectivity index (χ2n) is 3.32. The molecule has 0 aliphatic rings. The molecule has 0 amide bonds. The molecule has 3 heteroatoms. The highest BCUT2D eigenvalue weighted by atomic mass is 15.3. The van der Waals surface area contributed by atoms with E-state index in [-0.39, 0.29) is 0 Å². The lowest BCUT2D eigenvalue weighted by molar-refractivity contribution is 0.981. The van der Waals surface area contributed by atoms with Crippen LogP contribution >= 0.6 is 0 Å². The first-order valence-electron chi connectivity index (χ1n) is 5.73. The van der Waals surface area contributed by atoms with Crippen LogP contribution in [0.4, 0.5) is 0 Å². The maximum absolute atomic E-state index is 7.63. The second kappa shape index (κ2) is 12.2. The third-order valence-corrected chi connectivity index (χ3v) is 1.84. The number of allylic oxidation sites excluding steroid dienone is 7. The normalized spacial score (nSPS) is 12.1. The van der Waals surface area contributed by atoms with Crippen LogP contribution in [0.1, 0.15) is 26.2 Å². The van der Waals surface area contributed by atoms with E-state index in [4.69, 9.17) is 5.41 Å². The van der Waals surface area contributed by atoms with Crippen molar-refractivity contribution < 1.29 is 0 Å². The second-order valence-corrected chi connectivity index (χ2v) is 3.32. The molecule has 0 saturated carbocycles. The Labute approximate surface area is 104 Å². The summed E-state index contributed by atoms with van der Waals surface area (Å²) in [7, 11) is 0. The zero-order valence-corrected chi connectivity index (χ0v) is 10.4. The van der Waals surface area contributed by atoms with Gasteiger partial charge in [0.25, 0.3) is 0 Å². The minimum Gasteiger partial charge on any atom is -0.305 e. The summed E-state index contributed by atoms with van der Waals surface area (Å²) < 4.78 is 0. The molecule has 17 heavy (non-hydrogen) atoms. The maximum atomic E-state index is 7.63. The number of hydrogen-bond acceptors (Lipinski definition) is 3. The van der Waals surface area contributed by atoms with Crippen molar-refractivity contribution in [2.24, 2.45) is 5.10 Å². The van der Waals surface area contributed by atoms with Gasteiger partial charge in [-0.15, -0.1) is 0 Å². The Morgan fingerprint density at radius 2 is 2.06 bits per heavy atom. The van der Waals surface area contributed by atoms with E-state index in [1.807, 2.05) is 36.5 Å². The lowest BCUT2D eigenvalue weighted by atomic mass is 10.2. The predicted molar refractivity (Wildman–Crippen MR) is 76.5 cm³/mol. The Hall–Kier alpha value is -1.90. The lowest BCUT2D eigenvalue weighted by Crippen LogP contribution is -1.88. The van der Waals surface area contributed by atoms with Crippen molar-refractivity contribution >= 4 is 12.4 Å². The maximum Gasteiger partial charge on any atom is 0.0348 e. The summed E-state index contributed by atoms with van der Waals surface area (Å²) in [6.07, 6.45) is 18.0. The van der Waals surface area contributed by atoms with Gasteiger partial charge in [-0.25, -0.2) is 0 Å². The van der Waals surface area contributed by atoms with E-state index in [2.05, 4.69) is 30.2 Å². The van der Waals surface area contributed by atoms with Crippen molar-refractivity contribution in [3.63, 3.8) is 0 Å². The van der Waals surface area contributed by atoms with Gasteiger partial charge in [-0.1, -0.05) is 37.3 Å². The minimum atomic E-state index is 0.635. The quantitative estimate of drug-likeness (QED) is 0.271. The smallest absolute Gasteiger partial charge is 0.0348 e. The summed E-state index contributed by atoms with van der Waals surface area (Å²) >= 11 is 0. The van der Waals surface area contributed by atoms with Gasteiger partial charge in [-0.2, -0.15) is 5.10 Å². The van der Waals surface area contributed by atoms with E-state index < -0.39 is 0 Å². The summed E-state index contributed by atoms with van der Waals surface area (Å²) in [5.74, 6) is 0. The van der Waals surface area contributed by atoms with Gasteiger partial charge < -0.3 is 5.41 Å². The Morgan fingerprint density at radius 3 is 2.76 bits per heavy atom. The number of hydrazone groups is 1. The van der Waals surface area contributed by atoms with Crippen LogP contribution in [0.25, 0.3) is 0 Å². The van der Waals surface area contributed by atoms with Gasteiger partial charge in [0.15, 0.2) is 0 Å². The fourth-order valence-electron chi connectivity index (χ4n) is 1.04. The van der Waals surface area contributed by atoms with Crippen LogP contribution in [0.2, 0.25) is 0 Å². The number of rotatable bonds is 9. The van der Waals surface area contributed by atoms with Crippen molar-refractivity contribution in [1.29, 1.82) is 5.41 Å². The van der Waals surface area contributed by atoms with E-state index in [0.29, 0.717) is 12.1 Å². The van der Waals surface area contributed by atoms with Gasteiger partial charge in [0, 0.05) is 25.0 Å². The van der Waals surface area contributed by atoms with E-state index in [1.54, 1.807) is 6.20 Å². The topological polar surface area (TPSA) is 48.2 Å². The highest BCUT2D eigenvalue weighted by Gasteiger charge is 1.84. The molecule has 0 heterocycles. The molecular weight excluding hydrogens is 210 g/mol. The highest BCUT2D eigenvalue weighted by Crippen LogP contribution is 1.93. The molecule has 0 bridgehead atoms. The average Bonchev–Trinajstić information content (AvgIpc) is 2.33. The molecule has 0 radical (unpaired) electrons. The number of nitrogens with one attached hydrogen (secondary N) is 2. The van der Waals surface area contributed by atoms with Crippen molar-refractivity contribution in [3.05, 3.63) is 48.7 Å². The van der Waals surface area contributed by atoms with Crippen LogP contribution in [0.3, 0.4) is 0 Å². The number of nitrogens with zero attached hydrogens (tertiary/aromatic N) is 1. The molecule has 0 aromatic rings.